The van der Waals surface area contributed by atoms with Crippen LogP contribution in [0.5, 0.6) is 0 Å². The standard InChI is InChI=1S/C33H42ClN7O4S/c1-3-23-18-22(19-27(34)29(23)35)20-28(31(42)39-15-13-38(14-16-39)25-4-9-37(2)10-5-25)45-33(44)40-11-6-26(7-12-40)41-21-24-8-17-46-30(24)36-32(41)43/h1,8,17-19,25-26,28H,4-7,9-16,20-21,35H2,2H3,(H,36,43)/t28-/m1/s1. The van der Waals surface area contributed by atoms with E-state index in [1.54, 1.807) is 17.0 Å². The van der Waals surface area contributed by atoms with E-state index < -0.39 is 12.2 Å². The number of rotatable bonds is 6. The Hall–Kier alpha value is -3.50. The second kappa shape index (κ2) is 14.1. The number of ether oxygens (including phenoxy) is 1. The molecule has 0 unspecified atom stereocenters. The zero-order valence-electron chi connectivity index (χ0n) is 26.3. The van der Waals surface area contributed by atoms with E-state index in [0.29, 0.717) is 73.4 Å². The van der Waals surface area contributed by atoms with Gasteiger partial charge in [-0.15, -0.1) is 17.8 Å². The summed E-state index contributed by atoms with van der Waals surface area (Å²) in [5.41, 5.74) is 8.56. The first-order valence-electron chi connectivity index (χ1n) is 16.1. The fourth-order valence-corrected chi connectivity index (χ4v) is 8.06. The highest BCUT2D eigenvalue weighted by Crippen LogP contribution is 2.32. The predicted molar refractivity (Wildman–Crippen MR) is 180 cm³/mol. The molecule has 1 aromatic heterocycles. The number of fused-ring (bicyclic) bond motifs is 1. The number of nitrogens with zero attached hydrogens (tertiary/aromatic N) is 5. The van der Waals surface area contributed by atoms with Gasteiger partial charge in [0.1, 0.15) is 5.00 Å². The number of piperazine rings is 1. The number of thiophene rings is 1. The third-order valence-corrected chi connectivity index (χ3v) is 11.0. The number of likely N-dealkylation sites (tertiary alicyclic amines) is 2. The lowest BCUT2D eigenvalue weighted by molar-refractivity contribution is -0.143. The van der Waals surface area contributed by atoms with Crippen LogP contribution in [0.25, 0.3) is 0 Å². The maximum absolute atomic E-state index is 14.0. The van der Waals surface area contributed by atoms with Gasteiger partial charge in [-0.1, -0.05) is 17.5 Å². The van der Waals surface area contributed by atoms with Crippen molar-refractivity contribution >= 4 is 51.7 Å². The first kappa shape index (κ1) is 32.4. The Morgan fingerprint density at radius 2 is 1.76 bits per heavy atom. The number of nitrogens with one attached hydrogen (secondary N) is 1. The predicted octanol–water partition coefficient (Wildman–Crippen LogP) is 3.76. The number of anilines is 2. The van der Waals surface area contributed by atoms with Crippen molar-refractivity contribution in [3.05, 3.63) is 45.3 Å². The fraction of sp³-hybridized carbons (Fsp3) is 0.545. The van der Waals surface area contributed by atoms with Crippen molar-refractivity contribution in [3.63, 3.8) is 0 Å². The van der Waals surface area contributed by atoms with Gasteiger partial charge in [-0.2, -0.15) is 0 Å². The summed E-state index contributed by atoms with van der Waals surface area (Å²) in [5.74, 6) is 2.33. The molecule has 2 aromatic rings. The number of terminal acetylenes is 1. The average Bonchev–Trinajstić information content (AvgIpc) is 3.53. The second-order valence-electron chi connectivity index (χ2n) is 12.7. The lowest BCUT2D eigenvalue weighted by Gasteiger charge is -2.43. The Kier molecular flexibility index (Phi) is 9.94. The summed E-state index contributed by atoms with van der Waals surface area (Å²) in [4.78, 5) is 50.4. The maximum Gasteiger partial charge on any atom is 0.410 e. The van der Waals surface area contributed by atoms with Crippen LogP contribution in [0, 0.1) is 12.3 Å². The molecule has 0 bridgehead atoms. The number of halogens is 1. The molecule has 4 amide bonds. The number of nitrogen functional groups attached to an aromatic ring is 1. The normalized spacial score (nSPS) is 21.0. The Morgan fingerprint density at radius 3 is 2.46 bits per heavy atom. The number of nitrogens with two attached hydrogens (primary N) is 1. The summed E-state index contributed by atoms with van der Waals surface area (Å²) < 4.78 is 6.00. The highest BCUT2D eigenvalue weighted by molar-refractivity contribution is 7.14. The third kappa shape index (κ3) is 7.08. The van der Waals surface area contributed by atoms with Crippen molar-refractivity contribution in [3.8, 4) is 12.3 Å². The van der Waals surface area contributed by atoms with Crippen LogP contribution < -0.4 is 11.1 Å². The molecule has 3 N–H and O–H groups in total. The minimum absolute atomic E-state index is 0.00879. The second-order valence-corrected chi connectivity index (χ2v) is 14.0. The van der Waals surface area contributed by atoms with Gasteiger partial charge in [-0.25, -0.2) is 9.59 Å². The summed E-state index contributed by atoms with van der Waals surface area (Å²) >= 11 is 7.90. The molecular formula is C33H42ClN7O4S. The molecule has 4 aliphatic heterocycles. The molecule has 0 aliphatic carbocycles. The fourth-order valence-electron chi connectivity index (χ4n) is 7.02. The summed E-state index contributed by atoms with van der Waals surface area (Å²) in [6.07, 6.45) is 7.71. The van der Waals surface area contributed by atoms with Crippen LogP contribution in [0.2, 0.25) is 5.02 Å². The van der Waals surface area contributed by atoms with E-state index in [-0.39, 0.29) is 24.4 Å². The van der Waals surface area contributed by atoms with Crippen LogP contribution in [0.4, 0.5) is 20.3 Å². The largest absolute Gasteiger partial charge is 0.436 e. The van der Waals surface area contributed by atoms with Gasteiger partial charge in [0.15, 0.2) is 6.10 Å². The zero-order valence-corrected chi connectivity index (χ0v) is 27.8. The van der Waals surface area contributed by atoms with Gasteiger partial charge in [0.2, 0.25) is 0 Å². The first-order chi connectivity index (χ1) is 22.2. The maximum atomic E-state index is 14.0. The van der Waals surface area contributed by atoms with Gasteiger partial charge in [0.05, 0.1) is 17.3 Å². The Bertz CT molecular complexity index is 1490. The van der Waals surface area contributed by atoms with E-state index in [1.807, 2.05) is 21.2 Å². The highest BCUT2D eigenvalue weighted by Gasteiger charge is 2.37. The molecular weight excluding hydrogens is 626 g/mol. The van der Waals surface area contributed by atoms with Crippen molar-refractivity contribution in [2.24, 2.45) is 0 Å². The van der Waals surface area contributed by atoms with Gasteiger partial charge in [0, 0.05) is 68.9 Å². The zero-order chi connectivity index (χ0) is 32.4. The van der Waals surface area contributed by atoms with Crippen LogP contribution >= 0.6 is 22.9 Å². The van der Waals surface area contributed by atoms with E-state index in [4.69, 9.17) is 28.5 Å². The number of carbonyl (C=O) groups is 3. The summed E-state index contributed by atoms with van der Waals surface area (Å²) in [6, 6.07) is 5.87. The smallest absolute Gasteiger partial charge is 0.410 e. The molecule has 13 heteroatoms. The monoisotopic (exact) mass is 667 g/mol. The molecule has 0 spiro atoms. The summed E-state index contributed by atoms with van der Waals surface area (Å²) in [7, 11) is 2.16. The summed E-state index contributed by atoms with van der Waals surface area (Å²) in [6.45, 7) is 6.32. The number of hydrogen-bond acceptors (Lipinski definition) is 8. The van der Waals surface area contributed by atoms with Crippen LogP contribution in [0.3, 0.4) is 0 Å². The molecule has 3 saturated heterocycles. The van der Waals surface area contributed by atoms with Crippen molar-refractivity contribution < 1.29 is 19.1 Å². The van der Waals surface area contributed by atoms with Gasteiger partial charge < -0.3 is 30.1 Å². The van der Waals surface area contributed by atoms with Crippen molar-refractivity contribution in [1.82, 2.24) is 24.5 Å². The van der Waals surface area contributed by atoms with Crippen molar-refractivity contribution in [2.45, 2.75) is 56.8 Å². The number of benzene rings is 1. The number of carbonyl (C=O) groups excluding carboxylic acids is 3. The van der Waals surface area contributed by atoms with Crippen LogP contribution in [0.1, 0.15) is 42.4 Å². The molecule has 6 rings (SSSR count). The minimum atomic E-state index is -1.05. The van der Waals surface area contributed by atoms with Crippen molar-refractivity contribution in [1.29, 1.82) is 0 Å². The van der Waals surface area contributed by atoms with Crippen LogP contribution in [-0.4, -0.2) is 120 Å². The third-order valence-electron chi connectivity index (χ3n) is 9.85. The quantitative estimate of drug-likeness (QED) is 0.356. The molecule has 46 heavy (non-hydrogen) atoms. The molecule has 3 fully saturated rings. The Balaban J connectivity index is 1.10. The van der Waals surface area contributed by atoms with E-state index in [2.05, 4.69) is 28.1 Å². The van der Waals surface area contributed by atoms with E-state index in [9.17, 15) is 14.4 Å². The number of piperidine rings is 2. The first-order valence-corrected chi connectivity index (χ1v) is 17.3. The van der Waals surface area contributed by atoms with Crippen molar-refractivity contribution in [2.75, 3.05) is 70.5 Å². The van der Waals surface area contributed by atoms with E-state index >= 15 is 0 Å². The molecule has 4 aliphatic rings. The Labute approximate surface area is 279 Å². The topological polar surface area (TPSA) is 115 Å². The molecule has 11 nitrogen and oxygen atoms in total. The number of urea groups is 1. The molecule has 0 radical (unpaired) electrons. The SMILES string of the molecule is C#Cc1cc(C[C@@H](OC(=O)N2CCC(N3Cc4ccsc4NC3=O)CC2)C(=O)N2CCN(C3CCN(C)CC3)CC2)cc(Cl)c1N. The summed E-state index contributed by atoms with van der Waals surface area (Å²) in [5, 5.41) is 6.15. The van der Waals surface area contributed by atoms with Gasteiger partial charge in [0.25, 0.3) is 5.91 Å². The van der Waals surface area contributed by atoms with Crippen LogP contribution in [0.15, 0.2) is 23.6 Å². The number of amides is 4. The molecule has 1 aromatic carbocycles. The van der Waals surface area contributed by atoms with Gasteiger partial charge >= 0.3 is 12.1 Å². The van der Waals surface area contributed by atoms with Gasteiger partial charge in [-0.3, -0.25) is 15.0 Å². The molecule has 0 saturated carbocycles. The molecule has 5 heterocycles. The minimum Gasteiger partial charge on any atom is -0.436 e. The van der Waals surface area contributed by atoms with Crippen LogP contribution in [-0.2, 0) is 22.5 Å². The number of hydrogen-bond donors (Lipinski definition) is 2. The Morgan fingerprint density at radius 1 is 1.07 bits per heavy atom. The molecule has 1 atom stereocenters. The molecule has 246 valence electrons. The average molecular weight is 668 g/mol. The lowest BCUT2D eigenvalue weighted by Crippen LogP contribution is -2.56. The lowest BCUT2D eigenvalue weighted by atomic mass is 10.0. The van der Waals surface area contributed by atoms with E-state index in [1.165, 1.54) is 11.3 Å². The van der Waals surface area contributed by atoms with E-state index in [0.717, 1.165) is 49.6 Å². The van der Waals surface area contributed by atoms with Gasteiger partial charge in [-0.05, 0) is 75.0 Å². The highest BCUT2D eigenvalue weighted by atomic mass is 35.5.